The van der Waals surface area contributed by atoms with Gasteiger partial charge in [0.1, 0.15) is 28.4 Å². The number of ether oxygens (including phenoxy) is 2. The van der Waals surface area contributed by atoms with Crippen LogP contribution in [0.5, 0.6) is 17.2 Å². The molecule has 1 heterocycles. The first-order valence-electron chi connectivity index (χ1n) is 13.3. The molecule has 0 saturated heterocycles. The number of hydrogen-bond acceptors (Lipinski definition) is 7. The van der Waals surface area contributed by atoms with Crippen LogP contribution in [-0.4, -0.2) is 23.9 Å². The molecule has 1 aromatic heterocycles. The minimum atomic E-state index is -0.736. The van der Waals surface area contributed by atoms with Gasteiger partial charge in [0.15, 0.2) is 0 Å². The van der Waals surface area contributed by atoms with Gasteiger partial charge in [-0.25, -0.2) is 4.79 Å². The number of benzene rings is 2. The third-order valence-electron chi connectivity index (χ3n) is 6.05. The Labute approximate surface area is 218 Å². The van der Waals surface area contributed by atoms with Crippen LogP contribution in [0.4, 0.5) is 5.69 Å². The maximum Gasteiger partial charge on any atom is 0.348 e. The highest BCUT2D eigenvalue weighted by atomic mass is 16.5. The number of rotatable bonds is 15. The van der Waals surface area contributed by atoms with Gasteiger partial charge in [0, 0.05) is 18.7 Å². The van der Waals surface area contributed by atoms with Gasteiger partial charge in [0.25, 0.3) is 0 Å². The van der Waals surface area contributed by atoms with Crippen LogP contribution in [0.15, 0.2) is 56.7 Å². The Morgan fingerprint density at radius 3 is 2.32 bits per heavy atom. The van der Waals surface area contributed by atoms with Crippen molar-refractivity contribution in [2.24, 2.45) is 4.99 Å². The third-order valence-corrected chi connectivity index (χ3v) is 6.05. The lowest BCUT2D eigenvalue weighted by Crippen LogP contribution is -2.09. The number of aromatic hydroxyl groups is 1. The molecule has 0 bridgehead atoms. The molecule has 198 valence electrons. The number of hydrogen-bond donors (Lipinski definition) is 1. The Morgan fingerprint density at radius 2 is 1.59 bits per heavy atom. The van der Waals surface area contributed by atoms with Crippen LogP contribution in [0, 0.1) is 0 Å². The fourth-order valence-electron chi connectivity index (χ4n) is 3.87. The van der Waals surface area contributed by atoms with E-state index in [1.165, 1.54) is 38.0 Å². The van der Waals surface area contributed by atoms with Gasteiger partial charge in [-0.2, -0.15) is 0 Å². The first kappa shape index (κ1) is 28.0. The van der Waals surface area contributed by atoms with E-state index < -0.39 is 5.63 Å². The van der Waals surface area contributed by atoms with E-state index >= 15 is 0 Å². The lowest BCUT2D eigenvalue weighted by molar-refractivity contribution is -0.134. The molecule has 2 aromatic carbocycles. The van der Waals surface area contributed by atoms with Crippen LogP contribution in [0.2, 0.25) is 0 Å². The molecule has 0 aliphatic rings. The SMILES string of the molecule is CCCCCCCCCC(=O)Oc1ccc2c(O)c(C=Nc3ccc(OCCCC)cc3)c(=O)oc2c1. The number of fused-ring (bicyclic) bond motifs is 1. The average Bonchev–Trinajstić information content (AvgIpc) is 2.89. The quantitative estimate of drug-likeness (QED) is 0.0753. The highest BCUT2D eigenvalue weighted by Crippen LogP contribution is 2.29. The molecular weight excluding hydrogens is 470 g/mol. The molecule has 0 aliphatic heterocycles. The fourth-order valence-corrected chi connectivity index (χ4v) is 3.87. The molecule has 0 atom stereocenters. The van der Waals surface area contributed by atoms with E-state index in [2.05, 4.69) is 18.8 Å². The van der Waals surface area contributed by atoms with Gasteiger partial charge in [-0.15, -0.1) is 0 Å². The van der Waals surface area contributed by atoms with Crippen molar-refractivity contribution in [3.63, 3.8) is 0 Å². The fraction of sp³-hybridized carbons (Fsp3) is 0.433. The van der Waals surface area contributed by atoms with E-state index in [1.54, 1.807) is 24.3 Å². The first-order valence-corrected chi connectivity index (χ1v) is 13.3. The molecule has 37 heavy (non-hydrogen) atoms. The Balaban J connectivity index is 1.61. The van der Waals surface area contributed by atoms with Gasteiger partial charge in [-0.05, 0) is 49.2 Å². The highest BCUT2D eigenvalue weighted by molar-refractivity contribution is 5.94. The second-order valence-electron chi connectivity index (χ2n) is 9.11. The van der Waals surface area contributed by atoms with Crippen molar-refractivity contribution < 1.29 is 23.8 Å². The Bertz CT molecular complexity index is 1230. The smallest absolute Gasteiger partial charge is 0.348 e. The summed E-state index contributed by atoms with van der Waals surface area (Å²) < 4.78 is 16.4. The van der Waals surface area contributed by atoms with E-state index in [4.69, 9.17) is 13.9 Å². The number of carbonyl (C=O) groups is 1. The van der Waals surface area contributed by atoms with Crippen LogP contribution in [0.1, 0.15) is 83.6 Å². The summed E-state index contributed by atoms with van der Waals surface area (Å²) >= 11 is 0. The third kappa shape index (κ3) is 8.77. The Morgan fingerprint density at radius 1 is 0.919 bits per heavy atom. The topological polar surface area (TPSA) is 98.3 Å². The Kier molecular flexibility index (Phi) is 11.2. The molecule has 0 aliphatic carbocycles. The zero-order valence-corrected chi connectivity index (χ0v) is 21.8. The van der Waals surface area contributed by atoms with Gasteiger partial charge < -0.3 is 19.0 Å². The molecule has 0 unspecified atom stereocenters. The normalized spacial score (nSPS) is 11.3. The van der Waals surface area contributed by atoms with Crippen molar-refractivity contribution in [1.29, 1.82) is 0 Å². The van der Waals surface area contributed by atoms with Crippen LogP contribution in [-0.2, 0) is 4.79 Å². The van der Waals surface area contributed by atoms with E-state index in [0.29, 0.717) is 24.1 Å². The van der Waals surface area contributed by atoms with Gasteiger partial charge in [-0.1, -0.05) is 58.8 Å². The molecule has 7 heteroatoms. The van der Waals surface area contributed by atoms with Crippen molar-refractivity contribution in [3.05, 3.63) is 58.4 Å². The summed E-state index contributed by atoms with van der Waals surface area (Å²) in [4.78, 5) is 29.0. The summed E-state index contributed by atoms with van der Waals surface area (Å²) in [7, 11) is 0. The molecule has 0 amide bonds. The minimum absolute atomic E-state index is 0.0561. The molecule has 0 spiro atoms. The highest BCUT2D eigenvalue weighted by Gasteiger charge is 2.14. The van der Waals surface area contributed by atoms with Gasteiger partial charge in [0.2, 0.25) is 0 Å². The summed E-state index contributed by atoms with van der Waals surface area (Å²) in [5.41, 5.74) is -0.0568. The number of unbranched alkanes of at least 4 members (excludes halogenated alkanes) is 7. The molecule has 0 saturated carbocycles. The van der Waals surface area contributed by atoms with E-state index in [-0.39, 0.29) is 28.6 Å². The second kappa shape index (κ2) is 14.8. The molecule has 3 aromatic rings. The van der Waals surface area contributed by atoms with Crippen molar-refractivity contribution in [3.8, 4) is 17.2 Å². The predicted molar refractivity (Wildman–Crippen MR) is 146 cm³/mol. The maximum atomic E-state index is 12.5. The van der Waals surface area contributed by atoms with Crippen LogP contribution < -0.4 is 15.1 Å². The minimum Gasteiger partial charge on any atom is -0.506 e. The monoisotopic (exact) mass is 507 g/mol. The number of carbonyl (C=O) groups excluding carboxylic acids is 1. The van der Waals surface area contributed by atoms with Crippen LogP contribution in [0.3, 0.4) is 0 Å². The molecule has 1 N–H and O–H groups in total. The van der Waals surface area contributed by atoms with E-state index in [9.17, 15) is 14.7 Å². The van der Waals surface area contributed by atoms with Gasteiger partial charge in [-0.3, -0.25) is 9.79 Å². The first-order chi connectivity index (χ1) is 18.0. The van der Waals surface area contributed by atoms with Crippen molar-refractivity contribution in [2.75, 3.05) is 6.61 Å². The predicted octanol–water partition coefficient (Wildman–Crippen LogP) is 7.47. The van der Waals surface area contributed by atoms with Gasteiger partial charge in [0.05, 0.1) is 17.7 Å². The second-order valence-corrected chi connectivity index (χ2v) is 9.11. The Hall–Kier alpha value is -3.61. The zero-order chi connectivity index (χ0) is 26.5. The summed E-state index contributed by atoms with van der Waals surface area (Å²) in [5.74, 6) is 0.450. The lowest BCUT2D eigenvalue weighted by Gasteiger charge is -2.07. The molecular formula is C30H37NO6. The largest absolute Gasteiger partial charge is 0.506 e. The average molecular weight is 508 g/mol. The number of aliphatic imine (C=N–C) groups is 1. The van der Waals surface area contributed by atoms with Crippen molar-refractivity contribution >= 4 is 28.8 Å². The summed E-state index contributed by atoms with van der Waals surface area (Å²) in [6.07, 6.45) is 11.5. The van der Waals surface area contributed by atoms with Crippen LogP contribution >= 0.6 is 0 Å². The molecule has 0 fully saturated rings. The van der Waals surface area contributed by atoms with Gasteiger partial charge >= 0.3 is 11.6 Å². The number of nitrogens with zero attached hydrogens (tertiary/aromatic N) is 1. The van der Waals surface area contributed by atoms with Crippen LogP contribution in [0.25, 0.3) is 11.0 Å². The van der Waals surface area contributed by atoms with Crippen molar-refractivity contribution in [1.82, 2.24) is 0 Å². The summed E-state index contributed by atoms with van der Waals surface area (Å²) in [5, 5.41) is 11.0. The molecule has 3 rings (SSSR count). The van der Waals surface area contributed by atoms with E-state index in [0.717, 1.165) is 37.9 Å². The standard InChI is InChI=1S/C30H37NO6/c1-3-5-7-8-9-10-11-12-28(32)36-24-17-18-25-27(20-24)37-30(34)26(29(25)33)21-31-22-13-15-23(16-14-22)35-19-6-4-2/h13-18,20-21,33H,3-12,19H2,1-2H3. The maximum absolute atomic E-state index is 12.5. The zero-order valence-electron chi connectivity index (χ0n) is 21.8. The summed E-state index contributed by atoms with van der Waals surface area (Å²) in [6, 6.07) is 11.7. The van der Waals surface area contributed by atoms with Crippen molar-refractivity contribution in [2.45, 2.75) is 78.1 Å². The van der Waals surface area contributed by atoms with E-state index in [1.807, 2.05) is 12.1 Å². The molecule has 7 nitrogen and oxygen atoms in total. The lowest BCUT2D eigenvalue weighted by atomic mass is 10.1. The number of esters is 1. The summed E-state index contributed by atoms with van der Waals surface area (Å²) in [6.45, 7) is 4.95. The molecule has 0 radical (unpaired) electrons.